The maximum absolute atomic E-state index is 10.4. The number of halogens is 2. The lowest BCUT2D eigenvalue weighted by molar-refractivity contribution is 0.198. The summed E-state index contributed by atoms with van der Waals surface area (Å²) in [6.07, 6.45) is 55.3. The Morgan fingerprint density at radius 1 is 0.466 bits per heavy atom. The molecule has 0 amide bonds. The Kier molecular flexibility index (Phi) is 46.3. The highest BCUT2D eigenvalue weighted by molar-refractivity contribution is 9.11. The Labute approximate surface area is 720 Å². The maximum atomic E-state index is 10.4. The molecule has 650 valence electrons. The maximum Gasteiger partial charge on any atom is 0.183 e. The third-order valence-electron chi connectivity index (χ3n) is 22.6. The lowest BCUT2D eigenvalue weighted by Crippen LogP contribution is -2.30. The van der Waals surface area contributed by atoms with E-state index in [-0.39, 0.29) is 11.5 Å². The average molecular weight is 1760 g/mol. The third kappa shape index (κ3) is 39.3. The number of anilines is 5. The van der Waals surface area contributed by atoms with Crippen molar-refractivity contribution >= 4 is 60.9 Å². The molecule has 3 saturated heterocycles. The van der Waals surface area contributed by atoms with Crippen LogP contribution in [-0.4, -0.2) is 130 Å². The molecule has 16 rings (SSSR count). The Morgan fingerprint density at radius 3 is 1.31 bits per heavy atom. The third-order valence-corrected chi connectivity index (χ3v) is 23.8. The first-order valence-electron chi connectivity index (χ1n) is 43.6. The second-order valence-electron chi connectivity index (χ2n) is 32.6. The van der Waals surface area contributed by atoms with E-state index >= 15 is 0 Å². The molecular formula is C92H139Br2N15O9. The number of ether oxygens (including phenoxy) is 7. The van der Waals surface area contributed by atoms with E-state index in [1.807, 2.05) is 52.1 Å². The standard InChI is InChI=1S/C13H19NO.C12H16BrNO.C12H16N4O.C11H15BrN2O.C11H17N3O.C11H16N2O.C7H14.C6H12O.C5H6N2O.C4H8O/c1-10-8-14-11(2)7-13(10)15-9-12-5-3-4-6-12;1-9-6-12(11(13)7-14-9)15-8-10-4-2-3-5-10;1-9-6-15-12(14)5-11(9)17-7-10-3-2-4-16(10)8-13;12-9-6-14-11(13)5-10(9)15-7-8-3-1-2-4-8;1-8-6-14-11(12)5-10(8)15-7-9-3-2-4-13-9;12-11-7-10(5-6-13-11)14-8-9-3-1-2-4-9;1-2-7-5-3-4-6-7;7-5-6-3-1-2-4-6;6-5-3-4(8)1-2-7-5;1-2-4-5-3-1/h7-8,12H,3-6,9H2,1-2H3;6-7,10H,2-5,8H2,1H3;5-6,10H,2-4,7H2,1H3,(H2,14,15);5-6,8H,1-4,7H2,(H2,13,14);5-6,9,13H,2-4,7H2,1H3,(H2,12,14);5-7,9H,1-4,8H2,(H2,12,13);7H,2-6H2,1H3;6-7H,1-5H2;1-3H,(H3,6,7,8);1-4H2/t;;10-;;9-;;;;;/m..0.0...../s1. The summed E-state index contributed by atoms with van der Waals surface area (Å²) in [7, 11) is 0. The molecule has 0 unspecified atom stereocenters. The fourth-order valence-electron chi connectivity index (χ4n) is 15.3. The zero-order valence-electron chi connectivity index (χ0n) is 71.5. The topological polar surface area (TPSA) is 364 Å². The summed E-state index contributed by atoms with van der Waals surface area (Å²) in [5.74, 6) is 12.3. The smallest absolute Gasteiger partial charge is 0.183 e. The Balaban J connectivity index is 0.000000184. The van der Waals surface area contributed by atoms with E-state index < -0.39 is 0 Å². The van der Waals surface area contributed by atoms with Crippen molar-refractivity contribution in [3.05, 3.63) is 145 Å². The first kappa shape index (κ1) is 96.9. The number of H-pyrrole nitrogens is 1. The van der Waals surface area contributed by atoms with Gasteiger partial charge in [-0.05, 0) is 217 Å². The largest absolute Gasteiger partial charge is 0.493 e. The SMILES string of the molecule is C1CCOC1.CCC1CCCC1.Cc1cc(OCC2CCCC2)c(Br)cn1.Cc1cc(OCC2CCCC2)c(C)cn1.Cc1cnc(N)cc1OC[C@@H]1CCCN1.Cc1cnc(N)cc1OC[C@@H]1CCCN1C#N.Nc1cc(=O)cc[nH]1.Nc1cc(OCC2CCCC2)c(Br)cn1.Nc1cc(OCC2CCCC2)ccn1.OCC1CCCC1. The van der Waals surface area contributed by atoms with Gasteiger partial charge in [0.2, 0.25) is 0 Å². The van der Waals surface area contributed by atoms with Crippen LogP contribution in [0.1, 0.15) is 234 Å². The number of rotatable bonds is 20. The second-order valence-corrected chi connectivity index (χ2v) is 34.3. The van der Waals surface area contributed by atoms with E-state index in [1.54, 1.807) is 60.1 Å². The highest BCUT2D eigenvalue weighted by Crippen LogP contribution is 2.34. The molecule has 24 nitrogen and oxygen atoms in total. The van der Waals surface area contributed by atoms with Gasteiger partial charge in [-0.3, -0.25) is 14.8 Å². The number of nitrogen functional groups attached to an aromatic ring is 5. The van der Waals surface area contributed by atoms with Crippen LogP contribution < -0.4 is 67.8 Å². The van der Waals surface area contributed by atoms with Gasteiger partial charge < -0.3 is 82.1 Å². The number of hydrogen-bond donors (Lipinski definition) is 8. The van der Waals surface area contributed by atoms with Crippen LogP contribution in [0.2, 0.25) is 0 Å². The number of hydrogen-bond acceptors (Lipinski definition) is 23. The lowest BCUT2D eigenvalue weighted by Gasteiger charge is -2.19. The van der Waals surface area contributed by atoms with E-state index in [4.69, 9.17) is 72.2 Å². The van der Waals surface area contributed by atoms with Crippen molar-refractivity contribution in [2.75, 3.05) is 101 Å². The summed E-state index contributed by atoms with van der Waals surface area (Å²) in [6.45, 7) is 21.2. The molecule has 6 aliphatic carbocycles. The minimum atomic E-state index is -0.0683. The van der Waals surface area contributed by atoms with Crippen LogP contribution in [0.5, 0.6) is 34.5 Å². The molecule has 3 aliphatic heterocycles. The van der Waals surface area contributed by atoms with Crippen LogP contribution in [0, 0.1) is 81.6 Å². The van der Waals surface area contributed by atoms with Gasteiger partial charge in [-0.15, -0.1) is 0 Å². The summed E-state index contributed by atoms with van der Waals surface area (Å²) in [4.78, 5) is 39.1. The van der Waals surface area contributed by atoms with E-state index in [0.717, 1.165) is 161 Å². The number of nitrogens with zero attached hydrogens (tertiary/aromatic N) is 8. The molecule has 7 aromatic heterocycles. The number of aromatic nitrogens is 7. The monoisotopic (exact) mass is 1760 g/mol. The van der Waals surface area contributed by atoms with Crippen molar-refractivity contribution in [2.24, 2.45) is 35.5 Å². The molecule has 7 aromatic rings. The number of nitrogens with two attached hydrogens (primary N) is 5. The number of nitriles is 1. The van der Waals surface area contributed by atoms with Gasteiger partial charge in [0.1, 0.15) is 76.8 Å². The zero-order chi connectivity index (χ0) is 84.5. The minimum Gasteiger partial charge on any atom is -0.493 e. The van der Waals surface area contributed by atoms with Crippen molar-refractivity contribution in [2.45, 2.75) is 253 Å². The number of likely N-dealkylation sites (tertiary alicyclic amines) is 1. The van der Waals surface area contributed by atoms with Gasteiger partial charge in [-0.1, -0.05) is 103 Å². The van der Waals surface area contributed by atoms with Crippen molar-refractivity contribution in [3.63, 3.8) is 0 Å². The molecule has 13 N–H and O–H groups in total. The Bertz CT molecular complexity index is 3710. The molecular weight excluding hydrogens is 1620 g/mol. The predicted molar refractivity (Wildman–Crippen MR) is 482 cm³/mol. The van der Waals surface area contributed by atoms with Crippen molar-refractivity contribution in [1.29, 1.82) is 5.26 Å². The quantitative estimate of drug-likeness (QED) is 0.0329. The number of aryl methyl sites for hydroxylation is 5. The molecule has 118 heavy (non-hydrogen) atoms. The van der Waals surface area contributed by atoms with Crippen molar-refractivity contribution in [1.82, 2.24) is 45.1 Å². The predicted octanol–water partition coefficient (Wildman–Crippen LogP) is 19.1. The fraction of sp³-hybridized carbons (Fsp3) is 0.609. The van der Waals surface area contributed by atoms with Gasteiger partial charge in [0.25, 0.3) is 0 Å². The molecule has 10 heterocycles. The summed E-state index contributed by atoms with van der Waals surface area (Å²) in [6, 6.07) is 16.3. The summed E-state index contributed by atoms with van der Waals surface area (Å²) in [5, 5.41) is 20.9. The number of aliphatic hydroxyl groups excluding tert-OH is 1. The Morgan fingerprint density at radius 2 is 0.881 bits per heavy atom. The molecule has 2 atom stereocenters. The Hall–Kier alpha value is -8.22. The molecule has 0 spiro atoms. The summed E-state index contributed by atoms with van der Waals surface area (Å²) < 4.78 is 41.3. The second kappa shape index (κ2) is 56.3. The highest BCUT2D eigenvalue weighted by Gasteiger charge is 2.25. The van der Waals surface area contributed by atoms with E-state index in [9.17, 15) is 4.79 Å². The molecule has 0 radical (unpaired) electrons. The van der Waals surface area contributed by atoms with Crippen LogP contribution in [0.25, 0.3) is 0 Å². The zero-order valence-corrected chi connectivity index (χ0v) is 74.7. The molecule has 9 aliphatic rings. The normalized spacial score (nSPS) is 18.3. The van der Waals surface area contributed by atoms with E-state index in [2.05, 4.69) is 92.1 Å². The first-order valence-corrected chi connectivity index (χ1v) is 45.2. The minimum absolute atomic E-state index is 0.0683. The van der Waals surface area contributed by atoms with Gasteiger partial charge in [-0.25, -0.2) is 19.9 Å². The first-order chi connectivity index (χ1) is 57.2. The molecule has 0 aromatic carbocycles. The van der Waals surface area contributed by atoms with Gasteiger partial charge in [-0.2, -0.15) is 5.26 Å². The van der Waals surface area contributed by atoms with E-state index in [1.165, 1.54) is 205 Å². The van der Waals surface area contributed by atoms with Crippen LogP contribution in [-0.2, 0) is 4.74 Å². The number of aliphatic hydroxyl groups is 1. The van der Waals surface area contributed by atoms with Crippen molar-refractivity contribution in [3.8, 4) is 40.7 Å². The average Bonchev–Trinajstić information content (AvgIpc) is 1.62. The van der Waals surface area contributed by atoms with Crippen LogP contribution in [0.3, 0.4) is 0 Å². The van der Waals surface area contributed by atoms with Crippen LogP contribution >= 0.6 is 31.9 Å². The van der Waals surface area contributed by atoms with E-state index in [0.29, 0.717) is 66.8 Å². The number of nitrogens with one attached hydrogen (secondary N) is 2. The van der Waals surface area contributed by atoms with Gasteiger partial charge in [0.05, 0.1) is 41.4 Å². The highest BCUT2D eigenvalue weighted by atomic mass is 79.9. The number of pyridine rings is 7. The molecule has 0 bridgehead atoms. The van der Waals surface area contributed by atoms with Crippen LogP contribution in [0.15, 0.2) is 112 Å². The molecule has 26 heteroatoms. The molecule has 6 saturated carbocycles. The number of aromatic amines is 1. The van der Waals surface area contributed by atoms with Gasteiger partial charge >= 0.3 is 0 Å². The van der Waals surface area contributed by atoms with Gasteiger partial charge in [0, 0.05) is 152 Å². The van der Waals surface area contributed by atoms with Crippen molar-refractivity contribution < 1.29 is 38.3 Å². The van der Waals surface area contributed by atoms with Gasteiger partial charge in [0.15, 0.2) is 11.6 Å². The summed E-state index contributed by atoms with van der Waals surface area (Å²) >= 11 is 6.85. The fourth-order valence-corrected chi connectivity index (χ4v) is 16.0. The molecule has 9 fully saturated rings. The van der Waals surface area contributed by atoms with Crippen LogP contribution in [0.4, 0.5) is 29.1 Å². The summed E-state index contributed by atoms with van der Waals surface area (Å²) in [5.41, 5.74) is 32.7. The lowest BCUT2D eigenvalue weighted by atomic mass is 10.1.